The monoisotopic (exact) mass is 448 g/mol. The summed E-state index contributed by atoms with van der Waals surface area (Å²) in [6, 6.07) is 14.3. The summed E-state index contributed by atoms with van der Waals surface area (Å²) in [5, 5.41) is 21.8. The first-order valence-corrected chi connectivity index (χ1v) is 9.52. The Kier molecular flexibility index (Phi) is 5.64. The first-order chi connectivity index (χ1) is 15.9. The summed E-state index contributed by atoms with van der Waals surface area (Å²) < 4.78 is 11.5. The van der Waals surface area contributed by atoms with E-state index in [2.05, 4.69) is 20.6 Å². The van der Waals surface area contributed by atoms with Gasteiger partial charge in [0.2, 0.25) is 11.7 Å². The van der Waals surface area contributed by atoms with Crippen molar-refractivity contribution in [1.29, 1.82) is 0 Å². The quantitative estimate of drug-likeness (QED) is 0.266. The van der Waals surface area contributed by atoms with Crippen molar-refractivity contribution in [3.05, 3.63) is 70.4 Å². The van der Waals surface area contributed by atoms with Gasteiger partial charge in [-0.2, -0.15) is 10.1 Å². The fourth-order valence-corrected chi connectivity index (χ4v) is 3.07. The summed E-state index contributed by atoms with van der Waals surface area (Å²) in [7, 11) is 1.21. The van der Waals surface area contributed by atoms with Crippen molar-refractivity contribution in [2.75, 3.05) is 12.4 Å². The molecule has 4 rings (SSSR count). The number of non-ortho nitro benzene ring substituents is 1. The van der Waals surface area contributed by atoms with E-state index in [1.807, 2.05) is 0 Å². The van der Waals surface area contributed by atoms with E-state index >= 15 is 0 Å². The molecule has 0 saturated carbocycles. The van der Waals surface area contributed by atoms with Gasteiger partial charge in [-0.05, 0) is 24.3 Å². The van der Waals surface area contributed by atoms with Crippen LogP contribution in [0.1, 0.15) is 17.4 Å². The number of anilines is 1. The molecule has 0 aliphatic rings. The summed E-state index contributed by atoms with van der Waals surface area (Å²) in [5.74, 6) is -1.12. The van der Waals surface area contributed by atoms with E-state index in [-0.39, 0.29) is 34.5 Å². The van der Waals surface area contributed by atoms with Crippen LogP contribution in [-0.2, 0) is 9.53 Å². The van der Waals surface area contributed by atoms with Crippen LogP contribution in [0.2, 0.25) is 0 Å². The Labute approximate surface area is 185 Å². The van der Waals surface area contributed by atoms with E-state index < -0.39 is 16.8 Å². The minimum absolute atomic E-state index is 0.00747. The Morgan fingerprint density at radius 3 is 2.42 bits per heavy atom. The van der Waals surface area contributed by atoms with E-state index in [1.165, 1.54) is 43.0 Å². The zero-order valence-electron chi connectivity index (χ0n) is 17.4. The average Bonchev–Trinajstić information content (AvgIpc) is 3.44. The molecular formula is C21H16N6O6. The topological polar surface area (TPSA) is 155 Å². The van der Waals surface area contributed by atoms with Crippen LogP contribution in [-0.4, -0.2) is 43.8 Å². The molecule has 0 saturated heterocycles. The number of methoxy groups -OCH3 is 1. The van der Waals surface area contributed by atoms with Crippen molar-refractivity contribution >= 4 is 23.3 Å². The predicted octanol–water partition coefficient (Wildman–Crippen LogP) is 3.24. The lowest BCUT2D eigenvalue weighted by molar-refractivity contribution is -0.384. The Balaban J connectivity index is 1.85. The van der Waals surface area contributed by atoms with E-state index in [0.717, 1.165) is 0 Å². The van der Waals surface area contributed by atoms with Crippen LogP contribution in [0.25, 0.3) is 28.7 Å². The van der Waals surface area contributed by atoms with Gasteiger partial charge in [0.05, 0.1) is 17.7 Å². The third-order valence-electron chi connectivity index (χ3n) is 4.53. The SMILES string of the molecule is COC(=O)c1c(NC(C)=O)c(-c2noc(-c3ccc([N+](=O)[O-])cc3)n2)nn1-c1ccccc1. The van der Waals surface area contributed by atoms with Crippen LogP contribution >= 0.6 is 0 Å². The number of rotatable bonds is 6. The summed E-state index contributed by atoms with van der Waals surface area (Å²) in [4.78, 5) is 39.2. The second kappa shape index (κ2) is 8.70. The lowest BCUT2D eigenvalue weighted by Crippen LogP contribution is -2.15. The number of nitrogens with zero attached hydrogens (tertiary/aromatic N) is 5. The smallest absolute Gasteiger partial charge is 0.359 e. The highest BCUT2D eigenvalue weighted by Crippen LogP contribution is 2.33. The zero-order valence-corrected chi connectivity index (χ0v) is 17.4. The van der Waals surface area contributed by atoms with Crippen molar-refractivity contribution in [1.82, 2.24) is 19.9 Å². The maximum atomic E-state index is 12.6. The third kappa shape index (κ3) is 4.17. The highest BCUT2D eigenvalue weighted by Gasteiger charge is 2.29. The number of nitro groups is 1. The molecule has 2 aromatic carbocycles. The highest BCUT2D eigenvalue weighted by atomic mass is 16.6. The number of nitrogens with one attached hydrogen (secondary N) is 1. The second-order valence-electron chi connectivity index (χ2n) is 6.72. The van der Waals surface area contributed by atoms with Gasteiger partial charge in [0.15, 0.2) is 11.4 Å². The molecule has 0 bridgehead atoms. The van der Waals surface area contributed by atoms with Gasteiger partial charge in [0.1, 0.15) is 5.69 Å². The van der Waals surface area contributed by atoms with Crippen LogP contribution < -0.4 is 5.32 Å². The van der Waals surface area contributed by atoms with Crippen LogP contribution in [0.5, 0.6) is 0 Å². The molecule has 0 spiro atoms. The minimum atomic E-state index is -0.736. The molecule has 166 valence electrons. The maximum absolute atomic E-state index is 12.6. The Hall–Kier alpha value is -4.87. The number of hydrogen-bond donors (Lipinski definition) is 1. The van der Waals surface area contributed by atoms with Crippen molar-refractivity contribution in [3.63, 3.8) is 0 Å². The van der Waals surface area contributed by atoms with Gasteiger partial charge in [0, 0.05) is 24.6 Å². The molecule has 0 radical (unpaired) electrons. The maximum Gasteiger partial charge on any atom is 0.359 e. The zero-order chi connectivity index (χ0) is 23.5. The summed E-state index contributed by atoms with van der Waals surface area (Å²) in [6.45, 7) is 1.28. The van der Waals surface area contributed by atoms with Crippen LogP contribution in [0.4, 0.5) is 11.4 Å². The number of ether oxygens (including phenoxy) is 1. The van der Waals surface area contributed by atoms with Gasteiger partial charge < -0.3 is 14.6 Å². The van der Waals surface area contributed by atoms with Gasteiger partial charge >= 0.3 is 5.97 Å². The average molecular weight is 448 g/mol. The molecule has 0 atom stereocenters. The molecule has 0 aliphatic heterocycles. The molecule has 12 nitrogen and oxygen atoms in total. The number of amides is 1. The van der Waals surface area contributed by atoms with Crippen molar-refractivity contribution in [3.8, 4) is 28.7 Å². The number of benzene rings is 2. The van der Waals surface area contributed by atoms with Crippen LogP contribution in [0.3, 0.4) is 0 Å². The molecule has 4 aromatic rings. The van der Waals surface area contributed by atoms with Crippen molar-refractivity contribution in [2.45, 2.75) is 6.92 Å². The number of nitro benzene ring substituents is 1. The first-order valence-electron chi connectivity index (χ1n) is 9.52. The number of aromatic nitrogens is 4. The van der Waals surface area contributed by atoms with Crippen LogP contribution in [0, 0.1) is 10.1 Å². The van der Waals surface area contributed by atoms with Crippen molar-refractivity contribution < 1.29 is 23.8 Å². The molecule has 1 N–H and O–H groups in total. The first kappa shape index (κ1) is 21.4. The van der Waals surface area contributed by atoms with Gasteiger partial charge in [0.25, 0.3) is 11.6 Å². The lowest BCUT2D eigenvalue weighted by Gasteiger charge is -2.07. The number of hydrogen-bond acceptors (Lipinski definition) is 9. The molecule has 12 heteroatoms. The van der Waals surface area contributed by atoms with Gasteiger partial charge in [-0.3, -0.25) is 14.9 Å². The van der Waals surface area contributed by atoms with E-state index in [0.29, 0.717) is 11.3 Å². The molecule has 0 aliphatic carbocycles. The molecule has 0 unspecified atom stereocenters. The van der Waals surface area contributed by atoms with Gasteiger partial charge in [-0.15, -0.1) is 0 Å². The Morgan fingerprint density at radius 2 is 1.82 bits per heavy atom. The minimum Gasteiger partial charge on any atom is -0.464 e. The largest absolute Gasteiger partial charge is 0.464 e. The summed E-state index contributed by atoms with van der Waals surface area (Å²) >= 11 is 0. The third-order valence-corrected chi connectivity index (χ3v) is 4.53. The second-order valence-corrected chi connectivity index (χ2v) is 6.72. The predicted molar refractivity (Wildman–Crippen MR) is 115 cm³/mol. The van der Waals surface area contributed by atoms with E-state index in [4.69, 9.17) is 9.26 Å². The number of carbonyl (C=O) groups is 2. The molecule has 33 heavy (non-hydrogen) atoms. The molecule has 1 amide bonds. The molecular weight excluding hydrogens is 432 g/mol. The fourth-order valence-electron chi connectivity index (χ4n) is 3.07. The standard InChI is InChI=1S/C21H16N6O6/c1-12(28)22-16-17(24-26(18(16)21(29)32-2)14-6-4-3-5-7-14)19-23-20(33-25-19)13-8-10-15(11-9-13)27(30)31/h3-11H,1-2H3,(H,22,28). The fraction of sp³-hybridized carbons (Fsp3) is 0.0952. The molecule has 2 aromatic heterocycles. The number of para-hydroxylation sites is 1. The van der Waals surface area contributed by atoms with Gasteiger partial charge in [-0.25, -0.2) is 9.48 Å². The van der Waals surface area contributed by atoms with Gasteiger partial charge in [-0.1, -0.05) is 23.4 Å². The highest BCUT2D eigenvalue weighted by molar-refractivity contribution is 6.03. The molecule has 2 heterocycles. The lowest BCUT2D eigenvalue weighted by atomic mass is 10.2. The Bertz CT molecular complexity index is 1340. The summed E-state index contributed by atoms with van der Waals surface area (Å²) in [6.07, 6.45) is 0. The molecule has 0 fully saturated rings. The van der Waals surface area contributed by atoms with E-state index in [9.17, 15) is 19.7 Å². The van der Waals surface area contributed by atoms with Crippen molar-refractivity contribution in [2.24, 2.45) is 0 Å². The number of carbonyl (C=O) groups excluding carboxylic acids is 2. The van der Waals surface area contributed by atoms with Crippen LogP contribution in [0.15, 0.2) is 59.1 Å². The number of esters is 1. The normalized spacial score (nSPS) is 10.6. The Morgan fingerprint density at radius 1 is 1.12 bits per heavy atom. The van der Waals surface area contributed by atoms with E-state index in [1.54, 1.807) is 30.3 Å². The summed E-state index contributed by atoms with van der Waals surface area (Å²) in [5.41, 5.74) is 0.984.